The standard InChI is InChI=1S/C21H31NO5/c1-15(21(24)22-17-8-6-4-5-7-9-17)27-20(23)13-11-16-10-12-18(25-2)19(14-16)26-3/h10,12,14-15,17H,4-9,11,13H2,1-3H3,(H,22,24)/t15-/m1/s1. The second kappa shape index (κ2) is 10.8. The van der Waals surface area contributed by atoms with Gasteiger partial charge in [0.2, 0.25) is 0 Å². The Balaban J connectivity index is 1.78. The summed E-state index contributed by atoms with van der Waals surface area (Å²) >= 11 is 0. The summed E-state index contributed by atoms with van der Waals surface area (Å²) in [6, 6.07) is 5.74. The molecule has 150 valence electrons. The molecule has 0 heterocycles. The molecule has 27 heavy (non-hydrogen) atoms. The molecule has 2 rings (SSSR count). The first-order valence-corrected chi connectivity index (χ1v) is 9.74. The van der Waals surface area contributed by atoms with Gasteiger partial charge in [0.25, 0.3) is 5.91 Å². The molecule has 1 fully saturated rings. The molecule has 0 radical (unpaired) electrons. The van der Waals surface area contributed by atoms with E-state index in [-0.39, 0.29) is 24.3 Å². The highest BCUT2D eigenvalue weighted by molar-refractivity contribution is 5.83. The average molecular weight is 377 g/mol. The third-order valence-corrected chi connectivity index (χ3v) is 4.94. The average Bonchev–Trinajstić information content (AvgIpc) is 2.94. The molecular formula is C21H31NO5. The van der Waals surface area contributed by atoms with E-state index in [2.05, 4.69) is 5.32 Å². The van der Waals surface area contributed by atoms with E-state index in [0.717, 1.165) is 31.2 Å². The lowest BCUT2D eigenvalue weighted by Crippen LogP contribution is -2.41. The summed E-state index contributed by atoms with van der Waals surface area (Å²) < 4.78 is 15.8. The summed E-state index contributed by atoms with van der Waals surface area (Å²) in [5, 5.41) is 3.02. The molecule has 0 unspecified atom stereocenters. The van der Waals surface area contributed by atoms with Crippen molar-refractivity contribution in [3.05, 3.63) is 23.8 Å². The smallest absolute Gasteiger partial charge is 0.306 e. The minimum Gasteiger partial charge on any atom is -0.493 e. The molecule has 6 heteroatoms. The fourth-order valence-corrected chi connectivity index (χ4v) is 3.33. The Kier molecular flexibility index (Phi) is 8.43. The van der Waals surface area contributed by atoms with E-state index >= 15 is 0 Å². The summed E-state index contributed by atoms with van der Waals surface area (Å²) in [6.07, 6.45) is 6.70. The number of carbonyl (C=O) groups excluding carboxylic acids is 2. The van der Waals surface area contributed by atoms with Crippen LogP contribution in [-0.2, 0) is 20.7 Å². The summed E-state index contributed by atoms with van der Waals surface area (Å²) in [5.41, 5.74) is 0.945. The van der Waals surface area contributed by atoms with Gasteiger partial charge < -0.3 is 19.5 Å². The fourth-order valence-electron chi connectivity index (χ4n) is 3.33. The Morgan fingerprint density at radius 2 is 1.74 bits per heavy atom. The largest absolute Gasteiger partial charge is 0.493 e. The Hall–Kier alpha value is -2.24. The molecule has 0 bridgehead atoms. The molecule has 1 aromatic rings. The Morgan fingerprint density at radius 3 is 2.37 bits per heavy atom. The number of carbonyl (C=O) groups is 2. The van der Waals surface area contributed by atoms with Gasteiger partial charge in [-0.3, -0.25) is 9.59 Å². The van der Waals surface area contributed by atoms with Gasteiger partial charge in [-0.25, -0.2) is 0 Å². The van der Waals surface area contributed by atoms with Crippen molar-refractivity contribution in [2.75, 3.05) is 14.2 Å². The Bertz CT molecular complexity index is 623. The topological polar surface area (TPSA) is 73.9 Å². The van der Waals surface area contributed by atoms with Crippen LogP contribution in [0.2, 0.25) is 0 Å². The molecule has 1 saturated carbocycles. The number of methoxy groups -OCH3 is 2. The lowest BCUT2D eigenvalue weighted by molar-refractivity contribution is -0.155. The van der Waals surface area contributed by atoms with Crippen molar-refractivity contribution in [2.45, 2.75) is 70.4 Å². The summed E-state index contributed by atoms with van der Waals surface area (Å²) in [7, 11) is 3.15. The molecule has 1 aliphatic rings. The van der Waals surface area contributed by atoms with Crippen LogP contribution in [0.4, 0.5) is 0 Å². The minimum absolute atomic E-state index is 0.202. The van der Waals surface area contributed by atoms with E-state index in [9.17, 15) is 9.59 Å². The van der Waals surface area contributed by atoms with Crippen molar-refractivity contribution >= 4 is 11.9 Å². The molecule has 0 aliphatic heterocycles. The molecular weight excluding hydrogens is 346 g/mol. The summed E-state index contributed by atoms with van der Waals surface area (Å²) in [6.45, 7) is 1.63. The van der Waals surface area contributed by atoms with E-state index in [4.69, 9.17) is 14.2 Å². The molecule has 1 atom stereocenters. The van der Waals surface area contributed by atoms with Crippen LogP contribution in [-0.4, -0.2) is 38.2 Å². The fraction of sp³-hybridized carbons (Fsp3) is 0.619. The molecule has 6 nitrogen and oxygen atoms in total. The number of nitrogens with one attached hydrogen (secondary N) is 1. The highest BCUT2D eigenvalue weighted by Gasteiger charge is 2.21. The number of hydrogen-bond donors (Lipinski definition) is 1. The van der Waals surface area contributed by atoms with Crippen LogP contribution in [0.3, 0.4) is 0 Å². The van der Waals surface area contributed by atoms with Crippen LogP contribution in [0.25, 0.3) is 0 Å². The van der Waals surface area contributed by atoms with E-state index in [1.807, 2.05) is 18.2 Å². The second-order valence-electron chi connectivity index (χ2n) is 7.02. The predicted molar refractivity (Wildman–Crippen MR) is 103 cm³/mol. The van der Waals surface area contributed by atoms with Gasteiger partial charge in [0.1, 0.15) is 0 Å². The van der Waals surface area contributed by atoms with Gasteiger partial charge >= 0.3 is 5.97 Å². The first-order chi connectivity index (χ1) is 13.0. The molecule has 0 aromatic heterocycles. The van der Waals surface area contributed by atoms with Gasteiger partial charge in [0.15, 0.2) is 17.6 Å². The summed E-state index contributed by atoms with van der Waals surface area (Å²) in [4.78, 5) is 24.4. The monoisotopic (exact) mass is 377 g/mol. The molecule has 0 saturated heterocycles. The van der Waals surface area contributed by atoms with Crippen LogP contribution < -0.4 is 14.8 Å². The maximum absolute atomic E-state index is 12.3. The minimum atomic E-state index is -0.772. The summed E-state index contributed by atoms with van der Waals surface area (Å²) in [5.74, 6) is 0.682. The second-order valence-corrected chi connectivity index (χ2v) is 7.02. The van der Waals surface area contributed by atoms with Crippen LogP contribution in [0.15, 0.2) is 18.2 Å². The van der Waals surface area contributed by atoms with Crippen molar-refractivity contribution in [1.29, 1.82) is 0 Å². The number of aryl methyl sites for hydroxylation is 1. The molecule has 1 N–H and O–H groups in total. The van der Waals surface area contributed by atoms with Gasteiger partial charge in [-0.1, -0.05) is 31.7 Å². The van der Waals surface area contributed by atoms with Crippen LogP contribution in [0.5, 0.6) is 11.5 Å². The van der Waals surface area contributed by atoms with Gasteiger partial charge in [-0.15, -0.1) is 0 Å². The zero-order valence-electron chi connectivity index (χ0n) is 16.6. The lowest BCUT2D eigenvalue weighted by atomic mass is 10.1. The van der Waals surface area contributed by atoms with Crippen molar-refractivity contribution < 1.29 is 23.8 Å². The number of rotatable bonds is 8. The third-order valence-electron chi connectivity index (χ3n) is 4.94. The molecule has 1 aromatic carbocycles. The third kappa shape index (κ3) is 6.77. The van der Waals surface area contributed by atoms with E-state index in [0.29, 0.717) is 17.9 Å². The molecule has 1 amide bonds. The number of hydrogen-bond acceptors (Lipinski definition) is 5. The number of amides is 1. The maximum Gasteiger partial charge on any atom is 0.306 e. The van der Waals surface area contributed by atoms with Gasteiger partial charge in [0, 0.05) is 12.5 Å². The van der Waals surface area contributed by atoms with Crippen molar-refractivity contribution in [2.24, 2.45) is 0 Å². The van der Waals surface area contributed by atoms with Crippen LogP contribution in [0.1, 0.15) is 57.4 Å². The lowest BCUT2D eigenvalue weighted by Gasteiger charge is -2.19. The first kappa shape index (κ1) is 21.1. The van der Waals surface area contributed by atoms with Gasteiger partial charge in [-0.2, -0.15) is 0 Å². The van der Waals surface area contributed by atoms with E-state index in [1.54, 1.807) is 21.1 Å². The van der Waals surface area contributed by atoms with Crippen LogP contribution >= 0.6 is 0 Å². The van der Waals surface area contributed by atoms with E-state index in [1.165, 1.54) is 12.8 Å². The van der Waals surface area contributed by atoms with Crippen molar-refractivity contribution in [1.82, 2.24) is 5.32 Å². The van der Waals surface area contributed by atoms with Crippen molar-refractivity contribution in [3.63, 3.8) is 0 Å². The van der Waals surface area contributed by atoms with Crippen LogP contribution in [0, 0.1) is 0 Å². The number of ether oxygens (including phenoxy) is 3. The van der Waals surface area contributed by atoms with E-state index < -0.39 is 6.10 Å². The maximum atomic E-state index is 12.3. The van der Waals surface area contributed by atoms with Gasteiger partial charge in [-0.05, 0) is 43.9 Å². The Morgan fingerprint density at radius 1 is 1.07 bits per heavy atom. The predicted octanol–water partition coefficient (Wildman–Crippen LogP) is 3.41. The van der Waals surface area contributed by atoms with Gasteiger partial charge in [0.05, 0.1) is 14.2 Å². The number of benzene rings is 1. The zero-order valence-corrected chi connectivity index (χ0v) is 16.6. The first-order valence-electron chi connectivity index (χ1n) is 9.74. The molecule has 0 spiro atoms. The number of esters is 1. The Labute approximate surface area is 161 Å². The molecule has 1 aliphatic carbocycles. The highest BCUT2D eigenvalue weighted by atomic mass is 16.5. The zero-order chi connectivity index (χ0) is 19.6. The quantitative estimate of drug-likeness (QED) is 0.555. The highest BCUT2D eigenvalue weighted by Crippen LogP contribution is 2.28. The normalized spacial score (nSPS) is 16.1. The van der Waals surface area contributed by atoms with Crippen molar-refractivity contribution in [3.8, 4) is 11.5 Å². The SMILES string of the molecule is COc1ccc(CCC(=O)O[C@H](C)C(=O)NC2CCCCCC2)cc1OC.